The Balaban J connectivity index is 2.56. The maximum Gasteiger partial charge on any atom is 0.0814 e. The van der Waals surface area contributed by atoms with E-state index in [0.717, 1.165) is 16.5 Å². The Morgan fingerprint density at radius 2 is 2.00 bits per heavy atom. The van der Waals surface area contributed by atoms with Crippen LogP contribution in [0, 0.1) is 0 Å². The molecular weight excluding hydrogens is 212 g/mol. The number of hydrogen-bond acceptors (Lipinski definition) is 3. The Bertz CT molecular complexity index is 517. The van der Waals surface area contributed by atoms with Gasteiger partial charge in [0, 0.05) is 18.7 Å². The van der Waals surface area contributed by atoms with Crippen LogP contribution in [0.25, 0.3) is 10.9 Å². The second kappa shape index (κ2) is 4.43. The number of aromatic nitrogens is 1. The summed E-state index contributed by atoms with van der Waals surface area (Å²) in [5.74, 6) is 0. The van der Waals surface area contributed by atoms with Crippen molar-refractivity contribution in [1.82, 2.24) is 4.98 Å². The van der Waals surface area contributed by atoms with Crippen LogP contribution in [0.2, 0.25) is 0 Å². The van der Waals surface area contributed by atoms with Crippen molar-refractivity contribution in [2.24, 2.45) is 5.73 Å². The number of methoxy groups -OCH3 is 1. The molecule has 2 aromatic rings. The molecule has 2 rings (SSSR count). The molecule has 2 N–H and O–H groups in total. The van der Waals surface area contributed by atoms with Crippen molar-refractivity contribution < 1.29 is 4.74 Å². The van der Waals surface area contributed by atoms with Crippen LogP contribution < -0.4 is 5.73 Å². The van der Waals surface area contributed by atoms with Crippen LogP contribution in [0.3, 0.4) is 0 Å². The molecule has 17 heavy (non-hydrogen) atoms. The topological polar surface area (TPSA) is 48.1 Å². The number of nitrogens with zero attached hydrogens (tertiary/aromatic N) is 1. The number of ether oxygens (including phenoxy) is 1. The van der Waals surface area contributed by atoms with E-state index < -0.39 is 5.60 Å². The molecule has 1 unspecified atom stereocenters. The Labute approximate surface area is 102 Å². The average Bonchev–Trinajstić information content (AvgIpc) is 2.37. The third kappa shape index (κ3) is 2.16. The standard InChI is InChI=1S/C14H18N2O/c1-14(2,17-3)13(15)11-6-4-8-12-10(11)7-5-9-16-12/h4-9,13H,15H2,1-3H3. The van der Waals surface area contributed by atoms with E-state index in [1.165, 1.54) is 0 Å². The highest BCUT2D eigenvalue weighted by Crippen LogP contribution is 2.30. The van der Waals surface area contributed by atoms with Gasteiger partial charge < -0.3 is 10.5 Å². The monoisotopic (exact) mass is 230 g/mol. The zero-order valence-electron chi connectivity index (χ0n) is 10.5. The van der Waals surface area contributed by atoms with E-state index in [1.807, 2.05) is 44.2 Å². The third-order valence-electron chi connectivity index (χ3n) is 3.29. The van der Waals surface area contributed by atoms with Crippen LogP contribution in [0.5, 0.6) is 0 Å². The minimum absolute atomic E-state index is 0.180. The fourth-order valence-electron chi connectivity index (χ4n) is 1.90. The molecule has 3 heteroatoms. The first-order valence-corrected chi connectivity index (χ1v) is 5.70. The molecule has 1 atom stereocenters. The van der Waals surface area contributed by atoms with Gasteiger partial charge in [-0.15, -0.1) is 0 Å². The Hall–Kier alpha value is -1.45. The first-order valence-electron chi connectivity index (χ1n) is 5.70. The maximum absolute atomic E-state index is 6.30. The van der Waals surface area contributed by atoms with Gasteiger partial charge in [0.15, 0.2) is 0 Å². The molecule has 1 heterocycles. The van der Waals surface area contributed by atoms with E-state index in [-0.39, 0.29) is 6.04 Å². The molecule has 0 saturated carbocycles. The summed E-state index contributed by atoms with van der Waals surface area (Å²) < 4.78 is 5.46. The molecule has 3 nitrogen and oxygen atoms in total. The van der Waals surface area contributed by atoms with Gasteiger partial charge in [0.1, 0.15) is 0 Å². The normalized spacial score (nSPS) is 13.9. The number of nitrogens with two attached hydrogens (primary N) is 1. The van der Waals surface area contributed by atoms with Gasteiger partial charge in [-0.1, -0.05) is 18.2 Å². The summed E-state index contributed by atoms with van der Waals surface area (Å²) in [6.07, 6.45) is 1.79. The fourth-order valence-corrected chi connectivity index (χ4v) is 1.90. The molecule has 0 spiro atoms. The molecule has 90 valence electrons. The lowest BCUT2D eigenvalue weighted by Crippen LogP contribution is -2.37. The molecule has 0 aliphatic carbocycles. The average molecular weight is 230 g/mol. The van der Waals surface area contributed by atoms with Crippen LogP contribution >= 0.6 is 0 Å². The van der Waals surface area contributed by atoms with Crippen LogP contribution in [0.15, 0.2) is 36.5 Å². The van der Waals surface area contributed by atoms with Gasteiger partial charge in [0.25, 0.3) is 0 Å². The van der Waals surface area contributed by atoms with Crippen LogP contribution in [-0.4, -0.2) is 17.7 Å². The summed E-state index contributed by atoms with van der Waals surface area (Å²) >= 11 is 0. The first kappa shape index (κ1) is 12.0. The lowest BCUT2D eigenvalue weighted by molar-refractivity contribution is 0.000324. The molecule has 1 aromatic carbocycles. The van der Waals surface area contributed by atoms with Crippen LogP contribution in [-0.2, 0) is 4.74 Å². The van der Waals surface area contributed by atoms with Crippen molar-refractivity contribution in [2.45, 2.75) is 25.5 Å². The van der Waals surface area contributed by atoms with E-state index in [4.69, 9.17) is 10.5 Å². The van der Waals surface area contributed by atoms with Crippen molar-refractivity contribution in [3.63, 3.8) is 0 Å². The highest BCUT2D eigenvalue weighted by atomic mass is 16.5. The van der Waals surface area contributed by atoms with Crippen molar-refractivity contribution in [1.29, 1.82) is 0 Å². The highest BCUT2D eigenvalue weighted by molar-refractivity contribution is 5.82. The van der Waals surface area contributed by atoms with Gasteiger partial charge in [-0.2, -0.15) is 0 Å². The zero-order chi connectivity index (χ0) is 12.5. The second-order valence-electron chi connectivity index (χ2n) is 4.70. The summed E-state index contributed by atoms with van der Waals surface area (Å²) in [7, 11) is 1.68. The van der Waals surface area contributed by atoms with E-state index in [1.54, 1.807) is 13.3 Å². The van der Waals surface area contributed by atoms with Crippen LogP contribution in [0.1, 0.15) is 25.5 Å². The minimum Gasteiger partial charge on any atom is -0.377 e. The zero-order valence-corrected chi connectivity index (χ0v) is 10.5. The summed E-state index contributed by atoms with van der Waals surface area (Å²) in [6, 6.07) is 9.80. The van der Waals surface area contributed by atoms with Gasteiger partial charge in [-0.3, -0.25) is 4.98 Å². The summed E-state index contributed by atoms with van der Waals surface area (Å²) in [5, 5.41) is 1.09. The van der Waals surface area contributed by atoms with Crippen molar-refractivity contribution >= 4 is 10.9 Å². The number of pyridine rings is 1. The SMILES string of the molecule is COC(C)(C)C(N)c1cccc2ncccc12. The Morgan fingerprint density at radius 1 is 1.24 bits per heavy atom. The Kier molecular flexibility index (Phi) is 3.13. The van der Waals surface area contributed by atoms with Gasteiger partial charge >= 0.3 is 0 Å². The summed E-state index contributed by atoms with van der Waals surface area (Å²) in [6.45, 7) is 3.99. The van der Waals surface area contributed by atoms with Gasteiger partial charge in [-0.25, -0.2) is 0 Å². The number of rotatable bonds is 3. The predicted octanol–water partition coefficient (Wildman–Crippen LogP) is 2.66. The van der Waals surface area contributed by atoms with Crippen LogP contribution in [0.4, 0.5) is 0 Å². The lowest BCUT2D eigenvalue weighted by Gasteiger charge is -2.31. The summed E-state index contributed by atoms with van der Waals surface area (Å²) in [5.41, 5.74) is 7.93. The number of benzene rings is 1. The fraction of sp³-hybridized carbons (Fsp3) is 0.357. The molecule has 1 aromatic heterocycles. The van der Waals surface area contributed by atoms with Crippen molar-refractivity contribution in [2.75, 3.05) is 7.11 Å². The van der Waals surface area contributed by atoms with Crippen molar-refractivity contribution in [3.05, 3.63) is 42.1 Å². The quantitative estimate of drug-likeness (QED) is 0.881. The van der Waals surface area contributed by atoms with E-state index in [0.29, 0.717) is 0 Å². The summed E-state index contributed by atoms with van der Waals surface area (Å²) in [4.78, 5) is 4.34. The molecule has 0 aliphatic heterocycles. The second-order valence-corrected chi connectivity index (χ2v) is 4.70. The van der Waals surface area contributed by atoms with Gasteiger partial charge in [0.05, 0.1) is 17.2 Å². The van der Waals surface area contributed by atoms with E-state index in [9.17, 15) is 0 Å². The number of fused-ring (bicyclic) bond motifs is 1. The lowest BCUT2D eigenvalue weighted by atomic mass is 9.90. The van der Waals surface area contributed by atoms with E-state index in [2.05, 4.69) is 4.98 Å². The minimum atomic E-state index is -0.399. The molecule has 0 radical (unpaired) electrons. The number of hydrogen-bond donors (Lipinski definition) is 1. The van der Waals surface area contributed by atoms with E-state index >= 15 is 0 Å². The first-order chi connectivity index (χ1) is 8.06. The molecule has 0 amide bonds. The molecule has 0 aliphatic rings. The van der Waals surface area contributed by atoms with Gasteiger partial charge in [0.2, 0.25) is 0 Å². The molecule has 0 saturated heterocycles. The predicted molar refractivity (Wildman–Crippen MR) is 69.8 cm³/mol. The molecule has 0 bridgehead atoms. The highest BCUT2D eigenvalue weighted by Gasteiger charge is 2.28. The van der Waals surface area contributed by atoms with Crippen molar-refractivity contribution in [3.8, 4) is 0 Å². The smallest absolute Gasteiger partial charge is 0.0814 e. The maximum atomic E-state index is 6.30. The van der Waals surface area contributed by atoms with Gasteiger partial charge in [-0.05, 0) is 31.5 Å². The Morgan fingerprint density at radius 3 is 2.71 bits per heavy atom. The molecule has 0 fully saturated rings. The third-order valence-corrected chi connectivity index (χ3v) is 3.29. The molecular formula is C14H18N2O. The largest absolute Gasteiger partial charge is 0.377 e.